The zero-order valence-corrected chi connectivity index (χ0v) is 10.1. The highest BCUT2D eigenvalue weighted by molar-refractivity contribution is 7.99. The van der Waals surface area contributed by atoms with E-state index in [4.69, 9.17) is 23.2 Å². The lowest BCUT2D eigenvalue weighted by Crippen LogP contribution is -1.97. The van der Waals surface area contributed by atoms with Crippen molar-refractivity contribution in [2.45, 2.75) is 17.9 Å². The highest BCUT2D eigenvalue weighted by Gasteiger charge is 2.04. The van der Waals surface area contributed by atoms with E-state index in [1.165, 1.54) is 6.07 Å². The molecule has 78 valence electrons. The zero-order chi connectivity index (χ0) is 10.6. The average molecular weight is 253 g/mol. The van der Waals surface area contributed by atoms with Crippen LogP contribution >= 0.6 is 35.0 Å². The summed E-state index contributed by atoms with van der Waals surface area (Å²) >= 11 is 12.9. The van der Waals surface area contributed by atoms with Crippen LogP contribution in [0.25, 0.3) is 0 Å². The Morgan fingerprint density at radius 2 is 2.21 bits per heavy atom. The average Bonchev–Trinajstić information content (AvgIpc) is 2.19. The summed E-state index contributed by atoms with van der Waals surface area (Å²) in [5.74, 6) is 1.02. The largest absolute Gasteiger partial charge is 0.205 e. The van der Waals surface area contributed by atoms with Crippen molar-refractivity contribution in [2.24, 2.45) is 0 Å². The molecule has 0 aliphatic carbocycles. The number of benzene rings is 1. The van der Waals surface area contributed by atoms with Crippen LogP contribution in [-0.4, -0.2) is 11.1 Å². The third-order valence-corrected chi connectivity index (χ3v) is 3.92. The molecule has 1 aromatic carbocycles. The SMILES string of the molecule is CC(CCl)SCc1ccc(Cl)c(F)c1. The van der Waals surface area contributed by atoms with Gasteiger partial charge in [-0.15, -0.1) is 11.6 Å². The Kier molecular flexibility index (Phi) is 5.07. The molecule has 0 aliphatic heterocycles. The first-order chi connectivity index (χ1) is 6.63. The van der Waals surface area contributed by atoms with Gasteiger partial charge in [-0.25, -0.2) is 4.39 Å². The first-order valence-electron chi connectivity index (χ1n) is 4.25. The molecule has 0 nitrogen and oxygen atoms in total. The third kappa shape index (κ3) is 3.68. The fourth-order valence-electron chi connectivity index (χ4n) is 0.912. The molecule has 1 aromatic rings. The van der Waals surface area contributed by atoms with Gasteiger partial charge in [0, 0.05) is 16.9 Å². The Morgan fingerprint density at radius 3 is 2.79 bits per heavy atom. The molecule has 14 heavy (non-hydrogen) atoms. The summed E-state index contributed by atoms with van der Waals surface area (Å²) in [4.78, 5) is 0. The van der Waals surface area contributed by atoms with E-state index in [0.29, 0.717) is 11.1 Å². The van der Waals surface area contributed by atoms with Gasteiger partial charge in [0.2, 0.25) is 0 Å². The van der Waals surface area contributed by atoms with E-state index in [-0.39, 0.29) is 10.8 Å². The van der Waals surface area contributed by atoms with Gasteiger partial charge in [-0.3, -0.25) is 0 Å². The standard InChI is InChI=1S/C10H11Cl2FS/c1-7(5-11)14-6-8-2-3-9(12)10(13)4-8/h2-4,7H,5-6H2,1H3. The third-order valence-electron chi connectivity index (χ3n) is 1.74. The van der Waals surface area contributed by atoms with Crippen LogP contribution in [0.2, 0.25) is 5.02 Å². The molecule has 1 atom stereocenters. The molecule has 0 radical (unpaired) electrons. The molecule has 0 fully saturated rings. The number of thioether (sulfide) groups is 1. The predicted octanol–water partition coefficient (Wildman–Crippen LogP) is 4.34. The Morgan fingerprint density at radius 1 is 1.50 bits per heavy atom. The highest BCUT2D eigenvalue weighted by atomic mass is 35.5. The van der Waals surface area contributed by atoms with E-state index in [0.717, 1.165) is 11.3 Å². The molecular formula is C10H11Cl2FS. The molecule has 1 rings (SSSR count). The minimum absolute atomic E-state index is 0.171. The van der Waals surface area contributed by atoms with Gasteiger partial charge in [-0.2, -0.15) is 11.8 Å². The first kappa shape index (κ1) is 12.2. The van der Waals surface area contributed by atoms with Crippen molar-refractivity contribution in [1.82, 2.24) is 0 Å². The maximum Gasteiger partial charge on any atom is 0.142 e. The summed E-state index contributed by atoms with van der Waals surface area (Å²) in [6.07, 6.45) is 0. The van der Waals surface area contributed by atoms with Gasteiger partial charge in [0.15, 0.2) is 0 Å². The summed E-state index contributed by atoms with van der Waals surface area (Å²) in [5.41, 5.74) is 0.939. The molecule has 0 aromatic heterocycles. The van der Waals surface area contributed by atoms with Crippen LogP contribution < -0.4 is 0 Å². The normalized spacial score (nSPS) is 12.9. The molecule has 0 N–H and O–H groups in total. The van der Waals surface area contributed by atoms with Crippen LogP contribution in [0.15, 0.2) is 18.2 Å². The molecule has 1 unspecified atom stereocenters. The van der Waals surface area contributed by atoms with Gasteiger partial charge in [-0.1, -0.05) is 24.6 Å². The highest BCUT2D eigenvalue weighted by Crippen LogP contribution is 2.21. The number of alkyl halides is 1. The van der Waals surface area contributed by atoms with Crippen molar-refractivity contribution in [3.8, 4) is 0 Å². The van der Waals surface area contributed by atoms with Crippen molar-refractivity contribution in [1.29, 1.82) is 0 Å². The summed E-state index contributed by atoms with van der Waals surface area (Å²) in [5, 5.41) is 0.555. The second-order valence-corrected chi connectivity index (χ2v) is 5.17. The van der Waals surface area contributed by atoms with Crippen molar-refractivity contribution in [2.75, 3.05) is 5.88 Å². The fraction of sp³-hybridized carbons (Fsp3) is 0.400. The number of hydrogen-bond acceptors (Lipinski definition) is 1. The molecular weight excluding hydrogens is 242 g/mol. The molecule has 0 saturated carbocycles. The van der Waals surface area contributed by atoms with Crippen molar-refractivity contribution in [3.05, 3.63) is 34.6 Å². The summed E-state index contributed by atoms with van der Waals surface area (Å²) in [6.45, 7) is 2.05. The first-order valence-corrected chi connectivity index (χ1v) is 6.21. The number of rotatable bonds is 4. The van der Waals surface area contributed by atoms with E-state index in [1.807, 2.05) is 13.0 Å². The topological polar surface area (TPSA) is 0 Å². The molecule has 0 aliphatic rings. The van der Waals surface area contributed by atoms with E-state index < -0.39 is 0 Å². The van der Waals surface area contributed by atoms with Gasteiger partial charge in [0.05, 0.1) is 5.02 Å². The summed E-state index contributed by atoms with van der Waals surface area (Å²) in [6, 6.07) is 4.88. The quantitative estimate of drug-likeness (QED) is 0.719. The predicted molar refractivity (Wildman–Crippen MR) is 62.9 cm³/mol. The molecule has 0 bridgehead atoms. The Hall–Kier alpha value is 0.0800. The summed E-state index contributed by atoms with van der Waals surface area (Å²) in [7, 11) is 0. The Bertz CT molecular complexity index is 304. The monoisotopic (exact) mass is 252 g/mol. The van der Waals surface area contributed by atoms with Crippen LogP contribution in [-0.2, 0) is 5.75 Å². The van der Waals surface area contributed by atoms with Gasteiger partial charge in [-0.05, 0) is 17.7 Å². The van der Waals surface area contributed by atoms with E-state index in [2.05, 4.69) is 0 Å². The second kappa shape index (κ2) is 5.84. The maximum atomic E-state index is 13.0. The van der Waals surface area contributed by atoms with Gasteiger partial charge >= 0.3 is 0 Å². The summed E-state index contributed by atoms with van der Waals surface area (Å²) < 4.78 is 13.0. The van der Waals surface area contributed by atoms with Crippen molar-refractivity contribution >= 4 is 35.0 Å². The minimum atomic E-state index is -0.358. The zero-order valence-electron chi connectivity index (χ0n) is 7.77. The molecule has 0 heterocycles. The van der Waals surface area contributed by atoms with Crippen LogP contribution in [0.3, 0.4) is 0 Å². The smallest absolute Gasteiger partial charge is 0.142 e. The van der Waals surface area contributed by atoms with E-state index in [9.17, 15) is 4.39 Å². The molecule has 0 spiro atoms. The molecule has 0 saturated heterocycles. The van der Waals surface area contributed by atoms with Crippen molar-refractivity contribution < 1.29 is 4.39 Å². The maximum absolute atomic E-state index is 13.0. The lowest BCUT2D eigenvalue weighted by molar-refractivity contribution is 0.627. The number of hydrogen-bond donors (Lipinski definition) is 0. The Balaban J connectivity index is 2.55. The lowest BCUT2D eigenvalue weighted by atomic mass is 10.2. The van der Waals surface area contributed by atoms with Crippen molar-refractivity contribution in [3.63, 3.8) is 0 Å². The lowest BCUT2D eigenvalue weighted by Gasteiger charge is -2.07. The van der Waals surface area contributed by atoms with E-state index >= 15 is 0 Å². The Labute approximate surface area is 97.8 Å². The minimum Gasteiger partial charge on any atom is -0.205 e. The second-order valence-electron chi connectivity index (χ2n) is 3.02. The molecule has 0 amide bonds. The van der Waals surface area contributed by atoms with Gasteiger partial charge < -0.3 is 0 Å². The van der Waals surface area contributed by atoms with Crippen LogP contribution in [0.5, 0.6) is 0 Å². The van der Waals surface area contributed by atoms with Crippen LogP contribution in [0.1, 0.15) is 12.5 Å². The van der Waals surface area contributed by atoms with Crippen LogP contribution in [0.4, 0.5) is 4.39 Å². The fourth-order valence-corrected chi connectivity index (χ4v) is 2.04. The van der Waals surface area contributed by atoms with Gasteiger partial charge in [0.25, 0.3) is 0 Å². The van der Waals surface area contributed by atoms with Crippen LogP contribution in [0, 0.1) is 5.82 Å². The number of halogens is 3. The van der Waals surface area contributed by atoms with Gasteiger partial charge in [0.1, 0.15) is 5.82 Å². The van der Waals surface area contributed by atoms with E-state index in [1.54, 1.807) is 17.8 Å². The molecule has 4 heteroatoms.